The number of rotatable bonds is 8. The highest BCUT2D eigenvalue weighted by Gasteiger charge is 2.15. The highest BCUT2D eigenvalue weighted by Crippen LogP contribution is 2.28. The molecule has 2 aromatic heterocycles. The fourth-order valence-electron chi connectivity index (χ4n) is 2.85. The molecule has 2 N–H and O–H groups in total. The summed E-state index contributed by atoms with van der Waals surface area (Å²) in [6.07, 6.45) is 1.59. The van der Waals surface area contributed by atoms with Gasteiger partial charge >= 0.3 is 0 Å². The molecule has 0 saturated heterocycles. The van der Waals surface area contributed by atoms with E-state index in [-0.39, 0.29) is 6.61 Å². The zero-order chi connectivity index (χ0) is 16.1. The van der Waals surface area contributed by atoms with Crippen LogP contribution in [0.25, 0.3) is 11.0 Å². The van der Waals surface area contributed by atoms with E-state index in [1.54, 1.807) is 6.33 Å². The maximum atomic E-state index is 9.25. The molecule has 0 atom stereocenters. The number of fused-ring (bicyclic) bond motifs is 1. The van der Waals surface area contributed by atoms with Crippen LogP contribution in [0.5, 0.6) is 0 Å². The minimum Gasteiger partial charge on any atom is -0.395 e. The fourth-order valence-corrected chi connectivity index (χ4v) is 2.85. The molecule has 0 unspecified atom stereocenters. The van der Waals surface area contributed by atoms with Crippen molar-refractivity contribution in [3.8, 4) is 0 Å². The minimum atomic E-state index is 0.110. The number of aromatic nitrogens is 3. The first-order chi connectivity index (χ1) is 10.6. The number of anilines is 1. The van der Waals surface area contributed by atoms with Crippen molar-refractivity contribution in [2.24, 2.45) is 0 Å². The van der Waals surface area contributed by atoms with E-state index in [4.69, 9.17) is 0 Å². The number of aryl methyl sites for hydroxylation is 1. The van der Waals surface area contributed by atoms with Crippen molar-refractivity contribution >= 4 is 16.9 Å². The summed E-state index contributed by atoms with van der Waals surface area (Å²) in [5.74, 6) is 0.884. The lowest BCUT2D eigenvalue weighted by atomic mass is 10.2. The summed E-state index contributed by atoms with van der Waals surface area (Å²) in [4.78, 5) is 11.2. The van der Waals surface area contributed by atoms with Crippen molar-refractivity contribution in [3.63, 3.8) is 0 Å². The Bertz CT molecular complexity index is 619. The van der Waals surface area contributed by atoms with Crippen LogP contribution in [0.3, 0.4) is 0 Å². The maximum absolute atomic E-state index is 9.25. The molecule has 0 bridgehead atoms. The predicted molar refractivity (Wildman–Crippen MR) is 90.4 cm³/mol. The summed E-state index contributed by atoms with van der Waals surface area (Å²) in [5, 5.41) is 13.8. The van der Waals surface area contributed by atoms with Gasteiger partial charge in [-0.1, -0.05) is 13.8 Å². The molecular formula is C16H27N5O. The van der Waals surface area contributed by atoms with Crippen LogP contribution in [0.1, 0.15) is 25.1 Å². The summed E-state index contributed by atoms with van der Waals surface area (Å²) in [6, 6.07) is 0. The molecule has 2 rings (SSSR count). The number of hydrogen-bond donors (Lipinski definition) is 2. The van der Waals surface area contributed by atoms with Crippen LogP contribution in [0.4, 0.5) is 5.82 Å². The van der Waals surface area contributed by atoms with Gasteiger partial charge in [-0.25, -0.2) is 9.97 Å². The average molecular weight is 305 g/mol. The van der Waals surface area contributed by atoms with Crippen LogP contribution in [0.2, 0.25) is 0 Å². The highest BCUT2D eigenvalue weighted by atomic mass is 16.3. The second kappa shape index (κ2) is 7.56. The van der Waals surface area contributed by atoms with Gasteiger partial charge in [0.1, 0.15) is 17.8 Å². The lowest BCUT2D eigenvalue weighted by Crippen LogP contribution is -2.28. The van der Waals surface area contributed by atoms with Gasteiger partial charge in [-0.3, -0.25) is 0 Å². The van der Waals surface area contributed by atoms with Crippen molar-refractivity contribution in [3.05, 3.63) is 17.6 Å². The molecule has 2 heterocycles. The van der Waals surface area contributed by atoms with Gasteiger partial charge in [0.05, 0.1) is 12.0 Å². The van der Waals surface area contributed by atoms with E-state index in [0.717, 1.165) is 48.7 Å². The maximum Gasteiger partial charge on any atom is 0.146 e. The number of aliphatic hydroxyl groups is 1. The third-order valence-corrected chi connectivity index (χ3v) is 4.34. The minimum absolute atomic E-state index is 0.110. The molecule has 0 aliphatic rings. The molecule has 0 fully saturated rings. The van der Waals surface area contributed by atoms with E-state index in [0.29, 0.717) is 6.54 Å². The Morgan fingerprint density at radius 3 is 2.59 bits per heavy atom. The zero-order valence-electron chi connectivity index (χ0n) is 14.1. The van der Waals surface area contributed by atoms with Crippen molar-refractivity contribution in [1.29, 1.82) is 0 Å². The Hall–Kier alpha value is -1.66. The molecule has 122 valence electrons. The summed E-state index contributed by atoms with van der Waals surface area (Å²) < 4.78 is 2.06. The quantitative estimate of drug-likeness (QED) is 0.778. The number of hydrogen-bond acceptors (Lipinski definition) is 5. The number of nitrogens with zero attached hydrogens (tertiary/aromatic N) is 4. The molecule has 2 aromatic rings. The van der Waals surface area contributed by atoms with Crippen molar-refractivity contribution in [2.45, 2.75) is 34.2 Å². The van der Waals surface area contributed by atoms with Crippen LogP contribution in [0, 0.1) is 13.8 Å². The normalized spacial score (nSPS) is 11.5. The SMILES string of the molecule is CCN(CC)CCNc1ncnc2c1c(C)c(C)n2CCO. The van der Waals surface area contributed by atoms with E-state index >= 15 is 0 Å². The lowest BCUT2D eigenvalue weighted by molar-refractivity contribution is 0.276. The summed E-state index contributed by atoms with van der Waals surface area (Å²) >= 11 is 0. The smallest absolute Gasteiger partial charge is 0.146 e. The molecular weight excluding hydrogens is 278 g/mol. The summed E-state index contributed by atoms with van der Waals surface area (Å²) in [7, 11) is 0. The molecule has 0 radical (unpaired) electrons. The zero-order valence-corrected chi connectivity index (χ0v) is 14.1. The monoisotopic (exact) mass is 305 g/mol. The molecule has 0 aromatic carbocycles. The number of nitrogens with one attached hydrogen (secondary N) is 1. The van der Waals surface area contributed by atoms with Gasteiger partial charge in [-0.15, -0.1) is 0 Å². The van der Waals surface area contributed by atoms with Crippen LogP contribution < -0.4 is 5.32 Å². The third-order valence-electron chi connectivity index (χ3n) is 4.34. The molecule has 6 nitrogen and oxygen atoms in total. The summed E-state index contributed by atoms with van der Waals surface area (Å²) in [5.41, 5.74) is 3.20. The standard InChI is InChI=1S/C16H27N5O/c1-5-20(6-2)8-7-17-15-14-12(3)13(4)21(9-10-22)16(14)19-11-18-15/h11,22H,5-10H2,1-4H3,(H,17,18,19). The molecule has 0 spiro atoms. The second-order valence-electron chi connectivity index (χ2n) is 5.46. The van der Waals surface area contributed by atoms with E-state index < -0.39 is 0 Å². The van der Waals surface area contributed by atoms with E-state index in [9.17, 15) is 5.11 Å². The molecule has 6 heteroatoms. The van der Waals surface area contributed by atoms with Crippen molar-refractivity contribution < 1.29 is 5.11 Å². The van der Waals surface area contributed by atoms with E-state index in [1.807, 2.05) is 0 Å². The van der Waals surface area contributed by atoms with Gasteiger partial charge in [0.15, 0.2) is 0 Å². The number of aliphatic hydroxyl groups excluding tert-OH is 1. The van der Waals surface area contributed by atoms with Crippen LogP contribution >= 0.6 is 0 Å². The topological polar surface area (TPSA) is 66.2 Å². The highest BCUT2D eigenvalue weighted by molar-refractivity contribution is 5.91. The van der Waals surface area contributed by atoms with Gasteiger partial charge in [-0.2, -0.15) is 0 Å². The van der Waals surface area contributed by atoms with Crippen molar-refractivity contribution in [2.75, 3.05) is 38.1 Å². The molecule has 0 saturated carbocycles. The first-order valence-corrected chi connectivity index (χ1v) is 8.01. The molecule has 0 aliphatic carbocycles. The lowest BCUT2D eigenvalue weighted by Gasteiger charge is -2.18. The summed E-state index contributed by atoms with van der Waals surface area (Å²) in [6.45, 7) is 13.1. The first-order valence-electron chi connectivity index (χ1n) is 8.01. The van der Waals surface area contributed by atoms with Gasteiger partial charge in [0.25, 0.3) is 0 Å². The average Bonchev–Trinajstić information content (AvgIpc) is 2.78. The Labute approximate surface area is 132 Å². The fraction of sp³-hybridized carbons (Fsp3) is 0.625. The Morgan fingerprint density at radius 1 is 1.23 bits per heavy atom. The van der Waals surface area contributed by atoms with Gasteiger partial charge in [0, 0.05) is 25.3 Å². The van der Waals surface area contributed by atoms with Crippen LogP contribution in [0.15, 0.2) is 6.33 Å². The van der Waals surface area contributed by atoms with E-state index in [1.165, 1.54) is 5.56 Å². The second-order valence-corrected chi connectivity index (χ2v) is 5.46. The Balaban J connectivity index is 2.25. The molecule has 0 aliphatic heterocycles. The largest absolute Gasteiger partial charge is 0.395 e. The van der Waals surface area contributed by atoms with Crippen molar-refractivity contribution in [1.82, 2.24) is 19.4 Å². The predicted octanol–water partition coefficient (Wildman–Crippen LogP) is 1.79. The molecule has 0 amide bonds. The third kappa shape index (κ3) is 3.23. The van der Waals surface area contributed by atoms with Gasteiger partial charge in [0.2, 0.25) is 0 Å². The van der Waals surface area contributed by atoms with Crippen LogP contribution in [-0.4, -0.2) is 57.3 Å². The Morgan fingerprint density at radius 2 is 1.95 bits per heavy atom. The van der Waals surface area contributed by atoms with Crippen LogP contribution in [-0.2, 0) is 6.54 Å². The molecule has 22 heavy (non-hydrogen) atoms. The first kappa shape index (κ1) is 16.7. The van der Waals surface area contributed by atoms with E-state index in [2.05, 4.69) is 52.4 Å². The number of likely N-dealkylation sites (N-methyl/N-ethyl adjacent to an activating group) is 1. The van der Waals surface area contributed by atoms with Gasteiger partial charge < -0.3 is 19.9 Å². The van der Waals surface area contributed by atoms with Gasteiger partial charge in [-0.05, 0) is 32.5 Å². The Kier molecular flexibility index (Phi) is 5.74.